The summed E-state index contributed by atoms with van der Waals surface area (Å²) in [7, 11) is 3.26. The molecule has 0 aliphatic heterocycles. The number of hydrogen-bond donors (Lipinski definition) is 1. The van der Waals surface area contributed by atoms with Gasteiger partial charge in [-0.15, -0.1) is 0 Å². The van der Waals surface area contributed by atoms with Gasteiger partial charge in [-0.05, 0) is 54.8 Å². The van der Waals surface area contributed by atoms with E-state index in [0.717, 1.165) is 28.1 Å². The first-order valence-corrected chi connectivity index (χ1v) is 9.31. The van der Waals surface area contributed by atoms with E-state index >= 15 is 0 Å². The summed E-state index contributed by atoms with van der Waals surface area (Å²) in [4.78, 5) is 8.86. The SMILES string of the molecule is COc1ccc(CNc2ncnc3c2cnn3-c2cc(C)cc(C)c2)cc1OC. The van der Waals surface area contributed by atoms with E-state index in [4.69, 9.17) is 9.47 Å². The van der Waals surface area contributed by atoms with Gasteiger partial charge in [0.25, 0.3) is 0 Å². The number of nitrogens with zero attached hydrogens (tertiary/aromatic N) is 4. The van der Waals surface area contributed by atoms with Gasteiger partial charge in [-0.25, -0.2) is 14.6 Å². The van der Waals surface area contributed by atoms with Crippen LogP contribution in [0.1, 0.15) is 16.7 Å². The van der Waals surface area contributed by atoms with E-state index in [1.165, 1.54) is 11.1 Å². The zero-order chi connectivity index (χ0) is 20.4. The third-order valence-electron chi connectivity index (χ3n) is 4.72. The van der Waals surface area contributed by atoms with E-state index in [1.807, 2.05) is 22.9 Å². The summed E-state index contributed by atoms with van der Waals surface area (Å²) in [6.07, 6.45) is 3.35. The molecule has 2 aromatic heterocycles. The lowest BCUT2D eigenvalue weighted by molar-refractivity contribution is 0.354. The summed E-state index contributed by atoms with van der Waals surface area (Å²) < 4.78 is 12.5. The minimum atomic E-state index is 0.585. The maximum atomic E-state index is 5.38. The first kappa shape index (κ1) is 18.7. The molecule has 29 heavy (non-hydrogen) atoms. The van der Waals surface area contributed by atoms with Gasteiger partial charge in [0.1, 0.15) is 12.1 Å². The third-order valence-corrected chi connectivity index (χ3v) is 4.72. The van der Waals surface area contributed by atoms with Crippen molar-refractivity contribution in [2.24, 2.45) is 0 Å². The molecule has 4 aromatic rings. The molecule has 0 unspecified atom stereocenters. The smallest absolute Gasteiger partial charge is 0.168 e. The van der Waals surface area contributed by atoms with Gasteiger partial charge in [0.2, 0.25) is 0 Å². The molecule has 0 bridgehead atoms. The van der Waals surface area contributed by atoms with Crippen LogP contribution in [-0.2, 0) is 6.54 Å². The van der Waals surface area contributed by atoms with Crippen molar-refractivity contribution in [3.63, 3.8) is 0 Å². The molecule has 0 spiro atoms. The van der Waals surface area contributed by atoms with Gasteiger partial charge in [-0.3, -0.25) is 0 Å². The minimum absolute atomic E-state index is 0.585. The van der Waals surface area contributed by atoms with Gasteiger partial charge < -0.3 is 14.8 Å². The number of rotatable bonds is 6. The Kier molecular flexibility index (Phi) is 5.03. The van der Waals surface area contributed by atoms with E-state index in [-0.39, 0.29) is 0 Å². The molecule has 0 aliphatic carbocycles. The quantitative estimate of drug-likeness (QED) is 0.536. The molecule has 0 fully saturated rings. The Labute approximate surface area is 169 Å². The standard InChI is InChI=1S/C22H23N5O2/c1-14-7-15(2)9-17(8-14)27-22-18(12-26-27)21(24-13-25-22)23-11-16-5-6-19(28-3)20(10-16)29-4/h5-10,12-13H,11H2,1-4H3,(H,23,24,25). The first-order chi connectivity index (χ1) is 14.1. The van der Waals surface area contributed by atoms with Gasteiger partial charge in [-0.2, -0.15) is 5.10 Å². The zero-order valence-electron chi connectivity index (χ0n) is 16.9. The average molecular weight is 389 g/mol. The third kappa shape index (κ3) is 3.71. The van der Waals surface area contributed by atoms with Crippen molar-refractivity contribution < 1.29 is 9.47 Å². The Bertz CT molecular complexity index is 1150. The number of ether oxygens (including phenoxy) is 2. The second-order valence-corrected chi connectivity index (χ2v) is 6.90. The fourth-order valence-electron chi connectivity index (χ4n) is 3.42. The van der Waals surface area contributed by atoms with Crippen LogP contribution in [0.4, 0.5) is 5.82 Å². The van der Waals surface area contributed by atoms with Crippen molar-refractivity contribution in [1.82, 2.24) is 19.7 Å². The van der Waals surface area contributed by atoms with Gasteiger partial charge in [0.15, 0.2) is 17.1 Å². The number of benzene rings is 2. The number of aryl methyl sites for hydroxylation is 2. The first-order valence-electron chi connectivity index (χ1n) is 9.31. The summed E-state index contributed by atoms with van der Waals surface area (Å²) >= 11 is 0. The lowest BCUT2D eigenvalue weighted by atomic mass is 10.1. The molecule has 0 saturated carbocycles. The van der Waals surface area contributed by atoms with E-state index in [1.54, 1.807) is 26.7 Å². The van der Waals surface area contributed by atoms with Gasteiger partial charge in [-0.1, -0.05) is 12.1 Å². The second kappa shape index (κ2) is 7.79. The topological polar surface area (TPSA) is 74.1 Å². The zero-order valence-corrected chi connectivity index (χ0v) is 16.9. The fraction of sp³-hybridized carbons (Fsp3) is 0.227. The summed E-state index contributed by atoms with van der Waals surface area (Å²) in [5.74, 6) is 2.14. The summed E-state index contributed by atoms with van der Waals surface area (Å²) in [5.41, 5.74) is 5.17. The summed E-state index contributed by atoms with van der Waals surface area (Å²) in [6, 6.07) is 12.2. The Morgan fingerprint density at radius 2 is 1.69 bits per heavy atom. The highest BCUT2D eigenvalue weighted by atomic mass is 16.5. The summed E-state index contributed by atoms with van der Waals surface area (Å²) in [5, 5.41) is 8.80. The van der Waals surface area contributed by atoms with E-state index in [2.05, 4.69) is 52.4 Å². The van der Waals surface area contributed by atoms with Crippen molar-refractivity contribution in [1.29, 1.82) is 0 Å². The Balaban J connectivity index is 1.63. The van der Waals surface area contributed by atoms with Crippen molar-refractivity contribution in [3.05, 3.63) is 65.6 Å². The molecule has 0 saturated heterocycles. The minimum Gasteiger partial charge on any atom is -0.493 e. The van der Waals surface area contributed by atoms with Crippen LogP contribution in [0.3, 0.4) is 0 Å². The molecule has 7 heteroatoms. The predicted octanol–water partition coefficient (Wildman–Crippen LogP) is 4.06. The lowest BCUT2D eigenvalue weighted by Crippen LogP contribution is -2.04. The molecule has 0 amide bonds. The monoisotopic (exact) mass is 389 g/mol. The largest absolute Gasteiger partial charge is 0.493 e. The van der Waals surface area contributed by atoms with Crippen LogP contribution in [0, 0.1) is 13.8 Å². The van der Waals surface area contributed by atoms with Crippen LogP contribution in [0.5, 0.6) is 11.5 Å². The number of methoxy groups -OCH3 is 2. The van der Waals surface area contributed by atoms with Crippen molar-refractivity contribution in [2.45, 2.75) is 20.4 Å². The molecule has 4 rings (SSSR count). The highest BCUT2D eigenvalue weighted by Crippen LogP contribution is 2.28. The van der Waals surface area contributed by atoms with E-state index in [9.17, 15) is 0 Å². The van der Waals surface area contributed by atoms with Crippen LogP contribution in [0.2, 0.25) is 0 Å². The van der Waals surface area contributed by atoms with Crippen LogP contribution in [0.15, 0.2) is 48.9 Å². The number of fused-ring (bicyclic) bond motifs is 1. The normalized spacial score (nSPS) is 10.9. The number of aromatic nitrogens is 4. The van der Waals surface area contributed by atoms with E-state index in [0.29, 0.717) is 18.0 Å². The number of hydrogen-bond acceptors (Lipinski definition) is 6. The van der Waals surface area contributed by atoms with Crippen molar-refractivity contribution >= 4 is 16.9 Å². The molecule has 1 N–H and O–H groups in total. The van der Waals surface area contributed by atoms with Gasteiger partial charge in [0, 0.05) is 6.54 Å². The van der Waals surface area contributed by atoms with Crippen LogP contribution >= 0.6 is 0 Å². The van der Waals surface area contributed by atoms with Crippen LogP contribution in [-0.4, -0.2) is 34.0 Å². The lowest BCUT2D eigenvalue weighted by Gasteiger charge is -2.11. The highest BCUT2D eigenvalue weighted by Gasteiger charge is 2.12. The summed E-state index contributed by atoms with van der Waals surface area (Å²) in [6.45, 7) is 4.74. The maximum Gasteiger partial charge on any atom is 0.168 e. The van der Waals surface area contributed by atoms with E-state index < -0.39 is 0 Å². The van der Waals surface area contributed by atoms with Crippen LogP contribution in [0.25, 0.3) is 16.7 Å². The van der Waals surface area contributed by atoms with Gasteiger partial charge in [0.05, 0.1) is 31.5 Å². The molecule has 0 aliphatic rings. The molecule has 148 valence electrons. The molecule has 7 nitrogen and oxygen atoms in total. The molecule has 2 aromatic carbocycles. The molecule has 0 atom stereocenters. The maximum absolute atomic E-state index is 5.38. The number of nitrogens with one attached hydrogen (secondary N) is 1. The van der Waals surface area contributed by atoms with Crippen molar-refractivity contribution in [3.8, 4) is 17.2 Å². The Morgan fingerprint density at radius 1 is 0.931 bits per heavy atom. The van der Waals surface area contributed by atoms with Crippen LogP contribution < -0.4 is 14.8 Å². The van der Waals surface area contributed by atoms with Crippen molar-refractivity contribution in [2.75, 3.05) is 19.5 Å². The molecule has 2 heterocycles. The molecular weight excluding hydrogens is 366 g/mol. The predicted molar refractivity (Wildman–Crippen MR) is 113 cm³/mol. The average Bonchev–Trinajstić information content (AvgIpc) is 3.16. The second-order valence-electron chi connectivity index (χ2n) is 6.90. The Hall–Kier alpha value is -3.61. The fourth-order valence-corrected chi connectivity index (χ4v) is 3.42. The number of anilines is 1. The highest BCUT2D eigenvalue weighted by molar-refractivity contribution is 5.87. The molecular formula is C22H23N5O2. The Morgan fingerprint density at radius 3 is 2.41 bits per heavy atom. The molecule has 0 radical (unpaired) electrons. The van der Waals surface area contributed by atoms with Gasteiger partial charge >= 0.3 is 0 Å².